The summed E-state index contributed by atoms with van der Waals surface area (Å²) in [7, 11) is 0. The van der Waals surface area contributed by atoms with E-state index < -0.39 is 18.0 Å². The van der Waals surface area contributed by atoms with Crippen LogP contribution in [-0.4, -0.2) is 18.5 Å². The Morgan fingerprint density at radius 3 is 2.17 bits per heavy atom. The fourth-order valence-corrected chi connectivity index (χ4v) is 2.13. The van der Waals surface area contributed by atoms with Gasteiger partial charge in [-0.15, -0.1) is 0 Å². The summed E-state index contributed by atoms with van der Waals surface area (Å²) in [4.78, 5) is 11.6. The molecule has 3 nitrogen and oxygen atoms in total. The molecule has 0 heterocycles. The predicted molar refractivity (Wildman–Crippen MR) is 82.0 cm³/mol. The summed E-state index contributed by atoms with van der Waals surface area (Å²) in [6.45, 7) is 1.33. The summed E-state index contributed by atoms with van der Waals surface area (Å²) in [5.41, 5.74) is 0.967. The zero-order chi connectivity index (χ0) is 16.7. The molecule has 0 aromatic heterocycles. The smallest absolute Gasteiger partial charge is 0.380 e. The Kier molecular flexibility index (Phi) is 5.82. The van der Waals surface area contributed by atoms with Gasteiger partial charge in [-0.1, -0.05) is 60.7 Å². The molecule has 23 heavy (non-hydrogen) atoms. The third-order valence-corrected chi connectivity index (χ3v) is 3.24. The largest absolute Gasteiger partial charge is 0.461 e. The molecule has 0 saturated heterocycles. The Bertz CT molecular complexity index is 615. The molecule has 1 unspecified atom stereocenters. The van der Waals surface area contributed by atoms with Gasteiger partial charge in [0.2, 0.25) is 0 Å². The van der Waals surface area contributed by atoms with Crippen molar-refractivity contribution in [2.45, 2.75) is 25.6 Å². The lowest BCUT2D eigenvalue weighted by molar-refractivity contribution is -0.197. The molecule has 2 aromatic rings. The number of halogens is 2. The van der Waals surface area contributed by atoms with E-state index in [4.69, 9.17) is 4.74 Å². The topological polar surface area (TPSA) is 35.5 Å². The number of benzene rings is 2. The van der Waals surface area contributed by atoms with Crippen molar-refractivity contribution in [3.63, 3.8) is 0 Å². The Labute approximate surface area is 133 Å². The van der Waals surface area contributed by atoms with Crippen LogP contribution in [0.4, 0.5) is 8.78 Å². The van der Waals surface area contributed by atoms with Crippen LogP contribution in [-0.2, 0) is 20.9 Å². The van der Waals surface area contributed by atoms with Gasteiger partial charge in [0.15, 0.2) is 6.10 Å². The van der Waals surface area contributed by atoms with Crippen LogP contribution in [0.2, 0.25) is 0 Å². The normalized spacial score (nSPS) is 12.7. The minimum absolute atomic E-state index is 0.0323. The number of hydrogen-bond donors (Lipinski definition) is 0. The van der Waals surface area contributed by atoms with Crippen molar-refractivity contribution in [1.29, 1.82) is 0 Å². The van der Waals surface area contributed by atoms with Crippen LogP contribution in [0.15, 0.2) is 60.7 Å². The highest BCUT2D eigenvalue weighted by atomic mass is 19.3. The van der Waals surface area contributed by atoms with Crippen molar-refractivity contribution in [2.24, 2.45) is 0 Å². The number of rotatable bonds is 7. The quantitative estimate of drug-likeness (QED) is 0.719. The molecule has 0 bridgehead atoms. The molecular formula is C18H18F2O3. The molecule has 0 fully saturated rings. The highest BCUT2D eigenvalue weighted by molar-refractivity contribution is 5.78. The molecule has 1 atom stereocenters. The molecule has 2 aromatic carbocycles. The van der Waals surface area contributed by atoms with E-state index in [1.54, 1.807) is 42.5 Å². The summed E-state index contributed by atoms with van der Waals surface area (Å²) < 4.78 is 38.8. The molecule has 0 saturated carbocycles. The van der Waals surface area contributed by atoms with E-state index in [0.717, 1.165) is 5.56 Å². The lowest BCUT2D eigenvalue weighted by Crippen LogP contribution is -2.38. The van der Waals surface area contributed by atoms with Gasteiger partial charge in [0.05, 0.1) is 13.2 Å². The third-order valence-electron chi connectivity index (χ3n) is 3.24. The Morgan fingerprint density at radius 1 is 1.04 bits per heavy atom. The van der Waals surface area contributed by atoms with Crippen LogP contribution >= 0.6 is 0 Å². The van der Waals surface area contributed by atoms with E-state index >= 15 is 0 Å². The van der Waals surface area contributed by atoms with E-state index in [-0.39, 0.29) is 18.8 Å². The molecule has 0 aliphatic carbocycles. The van der Waals surface area contributed by atoms with Gasteiger partial charge in [0.1, 0.15) is 0 Å². The lowest BCUT2D eigenvalue weighted by atomic mass is 10.0. The molecule has 0 radical (unpaired) electrons. The molecule has 5 heteroatoms. The zero-order valence-electron chi connectivity index (χ0n) is 12.7. The first-order valence-electron chi connectivity index (χ1n) is 7.31. The Hall–Kier alpha value is -2.27. The fraction of sp³-hybridized carbons (Fsp3) is 0.278. The SMILES string of the molecule is CCOC(=O)C(F)(F)C(OCc1ccccc1)c1ccccc1. The Balaban J connectivity index is 2.23. The fourth-order valence-electron chi connectivity index (χ4n) is 2.13. The second-order valence-corrected chi connectivity index (χ2v) is 4.93. The van der Waals surface area contributed by atoms with E-state index in [1.807, 2.05) is 6.07 Å². The molecule has 0 aliphatic heterocycles. The van der Waals surface area contributed by atoms with Crippen molar-refractivity contribution < 1.29 is 23.0 Å². The first-order chi connectivity index (χ1) is 11.1. The highest BCUT2D eigenvalue weighted by Gasteiger charge is 2.50. The molecular weight excluding hydrogens is 302 g/mol. The number of ether oxygens (including phenoxy) is 2. The highest BCUT2D eigenvalue weighted by Crippen LogP contribution is 2.36. The van der Waals surface area contributed by atoms with E-state index in [0.29, 0.717) is 0 Å². The summed E-state index contributed by atoms with van der Waals surface area (Å²) >= 11 is 0. The van der Waals surface area contributed by atoms with Gasteiger partial charge in [0.25, 0.3) is 0 Å². The summed E-state index contributed by atoms with van der Waals surface area (Å²) in [5.74, 6) is -5.35. The molecule has 0 aliphatic rings. The molecule has 0 N–H and O–H groups in total. The maximum absolute atomic E-state index is 14.5. The number of hydrogen-bond acceptors (Lipinski definition) is 3. The van der Waals surface area contributed by atoms with Gasteiger partial charge >= 0.3 is 11.9 Å². The third kappa shape index (κ3) is 4.36. The number of esters is 1. The number of carbonyl (C=O) groups is 1. The van der Waals surface area contributed by atoms with Crippen LogP contribution in [0.5, 0.6) is 0 Å². The van der Waals surface area contributed by atoms with Gasteiger partial charge in [-0.25, -0.2) is 4.79 Å². The summed E-state index contributed by atoms with van der Waals surface area (Å²) in [6, 6.07) is 16.9. The van der Waals surface area contributed by atoms with Crippen LogP contribution in [0.25, 0.3) is 0 Å². The maximum Gasteiger partial charge on any atom is 0.380 e. The molecule has 2 rings (SSSR count). The molecule has 122 valence electrons. The number of alkyl halides is 2. The standard InChI is InChI=1S/C18H18F2O3/c1-2-22-17(21)18(19,20)16(15-11-7-4-8-12-15)23-13-14-9-5-3-6-10-14/h3-12,16H,2,13H2,1H3. The second-order valence-electron chi connectivity index (χ2n) is 4.93. The van der Waals surface area contributed by atoms with Gasteiger partial charge in [-0.2, -0.15) is 8.78 Å². The summed E-state index contributed by atoms with van der Waals surface area (Å²) in [6.07, 6.45) is -1.71. The van der Waals surface area contributed by atoms with Crippen molar-refractivity contribution in [3.8, 4) is 0 Å². The van der Waals surface area contributed by atoms with Crippen LogP contribution in [0.3, 0.4) is 0 Å². The van der Waals surface area contributed by atoms with Gasteiger partial charge < -0.3 is 9.47 Å². The van der Waals surface area contributed by atoms with E-state index in [1.165, 1.54) is 19.1 Å². The first kappa shape index (κ1) is 17.1. The van der Waals surface area contributed by atoms with Gasteiger partial charge in [-0.3, -0.25) is 0 Å². The Morgan fingerprint density at radius 2 is 1.61 bits per heavy atom. The maximum atomic E-state index is 14.5. The van der Waals surface area contributed by atoms with Crippen molar-refractivity contribution >= 4 is 5.97 Å². The molecule has 0 spiro atoms. The lowest BCUT2D eigenvalue weighted by Gasteiger charge is -2.25. The first-order valence-corrected chi connectivity index (χ1v) is 7.31. The average molecular weight is 320 g/mol. The van der Waals surface area contributed by atoms with Gasteiger partial charge in [0, 0.05) is 0 Å². The van der Waals surface area contributed by atoms with Crippen LogP contribution in [0.1, 0.15) is 24.2 Å². The molecule has 0 amide bonds. The van der Waals surface area contributed by atoms with Gasteiger partial charge in [-0.05, 0) is 18.1 Å². The van der Waals surface area contributed by atoms with Crippen LogP contribution < -0.4 is 0 Å². The average Bonchev–Trinajstić information content (AvgIpc) is 2.57. The monoisotopic (exact) mass is 320 g/mol. The zero-order valence-corrected chi connectivity index (χ0v) is 12.7. The van der Waals surface area contributed by atoms with E-state index in [2.05, 4.69) is 4.74 Å². The van der Waals surface area contributed by atoms with Crippen molar-refractivity contribution in [2.75, 3.05) is 6.61 Å². The summed E-state index contributed by atoms with van der Waals surface area (Å²) in [5, 5.41) is 0. The van der Waals surface area contributed by atoms with E-state index in [9.17, 15) is 13.6 Å². The predicted octanol–water partition coefficient (Wildman–Crippen LogP) is 4.14. The number of carbonyl (C=O) groups excluding carboxylic acids is 1. The van der Waals surface area contributed by atoms with Crippen molar-refractivity contribution in [1.82, 2.24) is 0 Å². The second kappa shape index (κ2) is 7.83. The minimum atomic E-state index is -3.77. The minimum Gasteiger partial charge on any atom is -0.461 e. The van der Waals surface area contributed by atoms with Crippen LogP contribution in [0, 0.1) is 0 Å². The van der Waals surface area contributed by atoms with Crippen molar-refractivity contribution in [3.05, 3.63) is 71.8 Å².